The zero-order chi connectivity index (χ0) is 22.0. The predicted molar refractivity (Wildman–Crippen MR) is 120 cm³/mol. The van der Waals surface area contributed by atoms with E-state index in [1.54, 1.807) is 0 Å². The summed E-state index contributed by atoms with van der Waals surface area (Å²) in [4.78, 5) is 25.4. The SMILES string of the molecule is CC(C)(C)OC(=O)N1CCCC(c2ccc3c(c2)C(c2ccccc2NC=O)CO3)C1. The van der Waals surface area contributed by atoms with Gasteiger partial charge in [-0.1, -0.05) is 30.3 Å². The number of benzene rings is 2. The fraction of sp³-hybridized carbons (Fsp3) is 0.440. The quantitative estimate of drug-likeness (QED) is 0.712. The normalized spacial score (nSPS) is 20.5. The molecule has 0 bridgehead atoms. The highest BCUT2D eigenvalue weighted by Crippen LogP contribution is 2.42. The predicted octanol–water partition coefficient (Wildman–Crippen LogP) is 4.89. The number of rotatable bonds is 4. The number of nitrogens with one attached hydrogen (secondary N) is 1. The van der Waals surface area contributed by atoms with Crippen molar-refractivity contribution in [3.05, 3.63) is 59.2 Å². The highest BCUT2D eigenvalue weighted by atomic mass is 16.6. The Labute approximate surface area is 183 Å². The van der Waals surface area contributed by atoms with Crippen LogP contribution in [0, 0.1) is 0 Å². The van der Waals surface area contributed by atoms with E-state index in [2.05, 4.69) is 17.4 Å². The van der Waals surface area contributed by atoms with Crippen LogP contribution in [0.3, 0.4) is 0 Å². The number of nitrogens with zero attached hydrogens (tertiary/aromatic N) is 1. The van der Waals surface area contributed by atoms with E-state index in [1.807, 2.05) is 56.0 Å². The lowest BCUT2D eigenvalue weighted by molar-refractivity contribution is -0.105. The maximum Gasteiger partial charge on any atom is 0.410 e. The highest BCUT2D eigenvalue weighted by molar-refractivity contribution is 5.74. The fourth-order valence-electron chi connectivity index (χ4n) is 4.48. The Hall–Kier alpha value is -3.02. The van der Waals surface area contributed by atoms with Crippen molar-refractivity contribution in [3.63, 3.8) is 0 Å². The van der Waals surface area contributed by atoms with E-state index in [-0.39, 0.29) is 17.9 Å². The first-order chi connectivity index (χ1) is 14.9. The summed E-state index contributed by atoms with van der Waals surface area (Å²) < 4.78 is 11.5. The second-order valence-electron chi connectivity index (χ2n) is 9.28. The summed E-state index contributed by atoms with van der Waals surface area (Å²) in [7, 11) is 0. The molecule has 31 heavy (non-hydrogen) atoms. The number of anilines is 1. The van der Waals surface area contributed by atoms with Gasteiger partial charge in [-0.2, -0.15) is 0 Å². The molecule has 6 heteroatoms. The molecule has 6 nitrogen and oxygen atoms in total. The van der Waals surface area contributed by atoms with Crippen LogP contribution < -0.4 is 10.1 Å². The summed E-state index contributed by atoms with van der Waals surface area (Å²) in [6, 6.07) is 14.2. The first kappa shape index (κ1) is 21.2. The third-order valence-corrected chi connectivity index (χ3v) is 5.91. The average Bonchev–Trinajstić information content (AvgIpc) is 3.16. The number of likely N-dealkylation sites (tertiary alicyclic amines) is 1. The lowest BCUT2D eigenvalue weighted by Crippen LogP contribution is -2.42. The molecule has 2 aliphatic rings. The van der Waals surface area contributed by atoms with Crippen molar-refractivity contribution >= 4 is 18.2 Å². The Morgan fingerprint density at radius 2 is 2.00 bits per heavy atom. The molecule has 2 aromatic rings. The Balaban J connectivity index is 1.57. The van der Waals surface area contributed by atoms with Gasteiger partial charge < -0.3 is 19.7 Å². The number of carbonyl (C=O) groups excluding carboxylic acids is 2. The number of fused-ring (bicyclic) bond motifs is 1. The maximum atomic E-state index is 12.6. The second kappa shape index (κ2) is 8.61. The molecule has 0 saturated carbocycles. The van der Waals surface area contributed by atoms with E-state index >= 15 is 0 Å². The van der Waals surface area contributed by atoms with Gasteiger partial charge in [-0.25, -0.2) is 4.79 Å². The van der Waals surface area contributed by atoms with Gasteiger partial charge in [0, 0.05) is 36.2 Å². The molecule has 0 spiro atoms. The summed E-state index contributed by atoms with van der Waals surface area (Å²) in [6.07, 6.45) is 2.45. The number of ether oxygens (including phenoxy) is 2. The minimum atomic E-state index is -0.495. The molecule has 0 aliphatic carbocycles. The Kier molecular flexibility index (Phi) is 5.90. The molecule has 4 rings (SSSR count). The average molecular weight is 423 g/mol. The first-order valence-corrected chi connectivity index (χ1v) is 10.9. The largest absolute Gasteiger partial charge is 0.492 e. The van der Waals surface area contributed by atoms with Crippen LogP contribution in [0.25, 0.3) is 0 Å². The molecular formula is C25H30N2O4. The van der Waals surface area contributed by atoms with E-state index in [4.69, 9.17) is 9.47 Å². The molecule has 0 radical (unpaired) electrons. The molecule has 2 aliphatic heterocycles. The molecule has 2 heterocycles. The Bertz CT molecular complexity index is 966. The van der Waals surface area contributed by atoms with Crippen molar-refractivity contribution in [3.8, 4) is 5.75 Å². The van der Waals surface area contributed by atoms with Gasteiger partial charge in [0.25, 0.3) is 0 Å². The molecule has 1 saturated heterocycles. The van der Waals surface area contributed by atoms with Gasteiger partial charge in [-0.05, 0) is 56.9 Å². The highest BCUT2D eigenvalue weighted by Gasteiger charge is 2.31. The molecular weight excluding hydrogens is 392 g/mol. The third kappa shape index (κ3) is 4.68. The van der Waals surface area contributed by atoms with Crippen LogP contribution in [0.2, 0.25) is 0 Å². The van der Waals surface area contributed by atoms with Gasteiger partial charge in [0.2, 0.25) is 6.41 Å². The topological polar surface area (TPSA) is 67.9 Å². The molecule has 2 aromatic carbocycles. The first-order valence-electron chi connectivity index (χ1n) is 10.9. The molecule has 164 valence electrons. The lowest BCUT2D eigenvalue weighted by atomic mass is 9.86. The standard InChI is InChI=1S/C25H30N2O4/c1-25(2,3)31-24(29)27-12-6-7-18(14-27)17-10-11-23-20(13-17)21(15-30-23)19-8-4-5-9-22(19)26-16-28/h4-5,8-11,13,16,18,21H,6-7,12,14-15H2,1-3H3,(H,26,28). The van der Waals surface area contributed by atoms with Crippen LogP contribution in [0.4, 0.5) is 10.5 Å². The van der Waals surface area contributed by atoms with E-state index in [1.165, 1.54) is 5.56 Å². The van der Waals surface area contributed by atoms with Crippen LogP contribution in [-0.2, 0) is 9.53 Å². The minimum Gasteiger partial charge on any atom is -0.492 e. The van der Waals surface area contributed by atoms with Crippen molar-refractivity contribution < 1.29 is 19.1 Å². The molecule has 1 N–H and O–H groups in total. The van der Waals surface area contributed by atoms with Gasteiger partial charge >= 0.3 is 6.09 Å². The monoisotopic (exact) mass is 422 g/mol. The number of para-hydroxylation sites is 1. The van der Waals surface area contributed by atoms with E-state index in [0.29, 0.717) is 19.6 Å². The summed E-state index contributed by atoms with van der Waals surface area (Å²) in [5, 5.41) is 2.80. The number of hydrogen-bond donors (Lipinski definition) is 1. The smallest absolute Gasteiger partial charge is 0.410 e. The van der Waals surface area contributed by atoms with Crippen molar-refractivity contribution in [1.29, 1.82) is 0 Å². The van der Waals surface area contributed by atoms with Gasteiger partial charge in [0.1, 0.15) is 11.4 Å². The van der Waals surface area contributed by atoms with Crippen molar-refractivity contribution in [2.75, 3.05) is 25.0 Å². The van der Waals surface area contributed by atoms with Crippen LogP contribution >= 0.6 is 0 Å². The summed E-state index contributed by atoms with van der Waals surface area (Å²) >= 11 is 0. The van der Waals surface area contributed by atoms with E-state index in [0.717, 1.165) is 42.0 Å². The van der Waals surface area contributed by atoms with Gasteiger partial charge in [0.15, 0.2) is 0 Å². The zero-order valence-corrected chi connectivity index (χ0v) is 18.4. The summed E-state index contributed by atoms with van der Waals surface area (Å²) in [6.45, 7) is 7.61. The van der Waals surface area contributed by atoms with Gasteiger partial charge in [-0.3, -0.25) is 4.79 Å². The summed E-state index contributed by atoms with van der Waals surface area (Å²) in [5.41, 5.74) is 3.70. The van der Waals surface area contributed by atoms with Crippen LogP contribution in [0.15, 0.2) is 42.5 Å². The van der Waals surface area contributed by atoms with E-state index in [9.17, 15) is 9.59 Å². The van der Waals surface area contributed by atoms with Gasteiger partial charge in [0.05, 0.1) is 6.61 Å². The van der Waals surface area contributed by atoms with E-state index < -0.39 is 5.60 Å². The second-order valence-corrected chi connectivity index (χ2v) is 9.28. The number of piperidine rings is 1. The minimum absolute atomic E-state index is 0.0594. The van der Waals surface area contributed by atoms with Crippen molar-refractivity contribution in [2.45, 2.75) is 51.0 Å². The van der Waals surface area contributed by atoms with Crippen LogP contribution in [0.5, 0.6) is 5.75 Å². The van der Waals surface area contributed by atoms with Gasteiger partial charge in [-0.15, -0.1) is 0 Å². The van der Waals surface area contributed by atoms with Crippen molar-refractivity contribution in [1.82, 2.24) is 4.90 Å². The molecule has 2 atom stereocenters. The van der Waals surface area contributed by atoms with Crippen LogP contribution in [-0.4, -0.2) is 42.7 Å². The number of carbonyl (C=O) groups is 2. The maximum absolute atomic E-state index is 12.6. The Morgan fingerprint density at radius 1 is 1.19 bits per heavy atom. The van der Waals surface area contributed by atoms with Crippen molar-refractivity contribution in [2.24, 2.45) is 0 Å². The zero-order valence-electron chi connectivity index (χ0n) is 18.4. The molecule has 2 amide bonds. The molecule has 1 fully saturated rings. The Morgan fingerprint density at radius 3 is 2.77 bits per heavy atom. The molecule has 0 aromatic heterocycles. The van der Waals surface area contributed by atoms with Crippen LogP contribution in [0.1, 0.15) is 62.1 Å². The lowest BCUT2D eigenvalue weighted by Gasteiger charge is -2.34. The summed E-state index contributed by atoms with van der Waals surface area (Å²) in [5.74, 6) is 1.20. The fourth-order valence-corrected chi connectivity index (χ4v) is 4.48. The third-order valence-electron chi connectivity index (χ3n) is 5.91. The number of hydrogen-bond acceptors (Lipinski definition) is 4. The number of amides is 2. The molecule has 2 unspecified atom stereocenters.